The van der Waals surface area contributed by atoms with Crippen LogP contribution in [0.5, 0.6) is 0 Å². The Labute approximate surface area is 539 Å². The monoisotopic (exact) mass is 1720 g/mol. The van der Waals surface area contributed by atoms with Crippen LogP contribution < -0.4 is 0 Å². The Balaban J connectivity index is 4.34. The van der Waals surface area contributed by atoms with Crippen LogP contribution in [0.25, 0.3) is 0 Å². The van der Waals surface area contributed by atoms with E-state index < -0.39 is 216 Å². The van der Waals surface area contributed by atoms with Crippen molar-refractivity contribution in [3.8, 4) is 0 Å². The zero-order valence-electron chi connectivity index (χ0n) is 47.8. The van der Waals surface area contributed by atoms with Gasteiger partial charge in [-0.3, -0.25) is 0 Å². The van der Waals surface area contributed by atoms with Crippen molar-refractivity contribution in [3.05, 3.63) is 0 Å². The average Bonchev–Trinajstić information content (AvgIpc) is 0.775. The van der Waals surface area contributed by atoms with Gasteiger partial charge in [0, 0.05) is 6.42 Å². The Bertz CT molecular complexity index is 2980. The van der Waals surface area contributed by atoms with Crippen LogP contribution >= 0.6 is 0 Å². The molecule has 1 heterocycles. The van der Waals surface area contributed by atoms with Gasteiger partial charge >= 0.3 is 184 Å². The highest BCUT2D eigenvalue weighted by atomic mass is 19.5. The highest BCUT2D eigenvalue weighted by Gasteiger charge is 3.04. The minimum atomic E-state index is -10.6. The molecular formula is C42H21F58NO5. The van der Waals surface area contributed by atoms with Gasteiger partial charge in [-0.2, -0.15) is 255 Å². The fourth-order valence-electron chi connectivity index (χ4n) is 7.38. The molecule has 1 aliphatic heterocycles. The van der Waals surface area contributed by atoms with Crippen molar-refractivity contribution >= 4 is 17.8 Å². The van der Waals surface area contributed by atoms with Crippen molar-refractivity contribution in [3.63, 3.8) is 0 Å². The molecule has 1 aliphatic rings. The lowest BCUT2D eigenvalue weighted by atomic mass is 9.84. The number of ether oxygens (including phenoxy) is 3. The molecule has 0 saturated heterocycles. The molecule has 0 aromatic carbocycles. The largest absolute Gasteiger partial charge is 0.478 e. The maximum Gasteiger partial charge on any atom is 0.460 e. The van der Waals surface area contributed by atoms with E-state index in [9.17, 15) is 247 Å². The number of esters is 2. The third-order valence-electron chi connectivity index (χ3n) is 14.1. The number of alkyl halides is 58. The topological polar surface area (TPSA) is 74.2 Å². The molecular weight excluding hydrogens is 1700 g/mol. The van der Waals surface area contributed by atoms with Crippen LogP contribution in [0.1, 0.15) is 58.3 Å². The smallest absolute Gasteiger partial charge is 0.460 e. The van der Waals surface area contributed by atoms with E-state index in [2.05, 4.69) is 4.74 Å². The van der Waals surface area contributed by atoms with E-state index in [0.29, 0.717) is 12.8 Å². The third-order valence-corrected chi connectivity index (χ3v) is 14.1. The Kier molecular flexibility index (Phi) is 24.6. The van der Waals surface area contributed by atoms with E-state index in [1.54, 1.807) is 14.5 Å². The number of unbranched alkanes of at least 4 members (excludes halogenated alkanes) is 6. The van der Waals surface area contributed by atoms with E-state index in [-0.39, 0.29) is 19.3 Å². The lowest BCUT2D eigenvalue weighted by molar-refractivity contribution is -0.484. The lowest BCUT2D eigenvalue weighted by Gasteiger charge is -2.46. The van der Waals surface area contributed by atoms with Crippen molar-refractivity contribution < 1.29 is 278 Å². The summed E-state index contributed by atoms with van der Waals surface area (Å²) < 4.78 is 826. The van der Waals surface area contributed by atoms with Gasteiger partial charge in [-0.15, -0.1) is 0 Å². The number of aliphatic imine (C=N–C) groups is 1. The van der Waals surface area contributed by atoms with E-state index in [0.717, 1.165) is 0 Å². The van der Waals surface area contributed by atoms with Gasteiger partial charge in [-0.1, -0.05) is 45.4 Å². The van der Waals surface area contributed by atoms with Crippen molar-refractivity contribution in [2.75, 3.05) is 6.61 Å². The second-order valence-corrected chi connectivity index (χ2v) is 21.1. The second-order valence-electron chi connectivity index (χ2n) is 21.1. The highest BCUT2D eigenvalue weighted by Crippen LogP contribution is 2.72. The molecule has 0 aliphatic carbocycles. The number of carbonyl (C=O) groups is 2. The summed E-state index contributed by atoms with van der Waals surface area (Å²) >= 11 is 0. The van der Waals surface area contributed by atoms with Gasteiger partial charge in [0.05, 0.1) is 0 Å². The molecule has 6 nitrogen and oxygen atoms in total. The first-order valence-electron chi connectivity index (χ1n) is 25.0. The van der Waals surface area contributed by atoms with Gasteiger partial charge in [0.1, 0.15) is 6.61 Å². The van der Waals surface area contributed by atoms with Crippen LogP contribution in [0.15, 0.2) is 4.99 Å². The van der Waals surface area contributed by atoms with E-state index in [1.807, 2.05) is 0 Å². The van der Waals surface area contributed by atoms with Crippen molar-refractivity contribution in [1.82, 2.24) is 0 Å². The quantitative estimate of drug-likeness (QED) is 0.0355. The first kappa shape index (κ1) is 98.4. The average molecular weight is 1720 g/mol. The number of hydrogen-bond acceptors (Lipinski definition) is 6. The van der Waals surface area contributed by atoms with Gasteiger partial charge in [-0.25, -0.2) is 14.6 Å². The molecule has 0 N–H and O–H groups in total. The van der Waals surface area contributed by atoms with Crippen molar-refractivity contribution in [2.45, 2.75) is 231 Å². The van der Waals surface area contributed by atoms with Gasteiger partial charge in [0.15, 0.2) is 5.90 Å². The maximum absolute atomic E-state index is 15.9. The number of rotatable bonds is 36. The summed E-state index contributed by atoms with van der Waals surface area (Å²) in [5.41, 5.74) is -7.09. The van der Waals surface area contributed by atoms with Crippen molar-refractivity contribution in [2.24, 2.45) is 4.99 Å². The minimum absolute atomic E-state index is 0.0223. The van der Waals surface area contributed by atoms with Gasteiger partial charge in [0.25, 0.3) is 0 Å². The number of carbonyl (C=O) groups excluding carboxylic acids is 2. The predicted molar refractivity (Wildman–Crippen MR) is 212 cm³/mol. The fourth-order valence-corrected chi connectivity index (χ4v) is 7.38. The van der Waals surface area contributed by atoms with Crippen LogP contribution in [-0.4, -0.2) is 197 Å². The molecule has 0 amide bonds. The molecule has 0 unspecified atom stereocenters. The first-order chi connectivity index (χ1) is 45.4. The van der Waals surface area contributed by atoms with Gasteiger partial charge in [-0.05, 0) is 6.42 Å². The summed E-state index contributed by atoms with van der Waals surface area (Å²) in [5, 5.41) is 0. The molecule has 1 rings (SSSR count). The van der Waals surface area contributed by atoms with Crippen LogP contribution in [0.4, 0.5) is 255 Å². The van der Waals surface area contributed by atoms with Crippen LogP contribution in [-0.2, 0) is 23.8 Å². The molecule has 0 aromatic rings. The Morgan fingerprint density at radius 1 is 0.274 bits per heavy atom. The van der Waals surface area contributed by atoms with Crippen LogP contribution in [0, 0.1) is 0 Å². The molecule has 630 valence electrons. The molecule has 106 heavy (non-hydrogen) atoms. The van der Waals surface area contributed by atoms with Crippen LogP contribution in [0.3, 0.4) is 0 Å². The number of hydrogen-bond donors (Lipinski definition) is 0. The van der Waals surface area contributed by atoms with Crippen molar-refractivity contribution in [1.29, 1.82) is 0 Å². The SMILES string of the molecule is CCCCCCCCCC1=NC(C(F)(F)OC(=O)C(F)(F)C(F)(F)C(F)(F)C(F)(F)C(F)(F)C(F)(F)C(F)(F)C(F)(F)C(F)(F)C(F)(F)C(F)(F)C(F)(F)C(F)(F)F)(C(F)(F)OC(=O)C(F)(F)C(F)(F)C(F)(F)C(F)(F)C(F)(F)C(F)(F)C(F)(F)C(F)(F)C(F)(F)C(F)(F)C(F)(F)C(F)(F)C(F)(F)F)CO1. The zero-order chi connectivity index (χ0) is 86.4. The summed E-state index contributed by atoms with van der Waals surface area (Å²) in [7, 11) is 0. The van der Waals surface area contributed by atoms with E-state index >= 15 is 17.6 Å². The van der Waals surface area contributed by atoms with Gasteiger partial charge < -0.3 is 14.2 Å². The minimum Gasteiger partial charge on any atom is -0.478 e. The standard InChI is InChI=1S/C42H21F58NO5/c1-2-3-4-5-6-7-8-9-11-101-14(10-104-11,41(97,98)105-12(102)15(43,44)17(47,48)19(51,52)21(55,56)23(59,60)25(63,64)27(67,68)29(71,72)31(75,76)33(79,80)35(83,84)37(87,88)39(91,92)93)42(99,100)106-13(103)16(45,46)18(49,50)20(53,54)22(57,58)24(61,62)26(65,66)28(69,70)30(73,74)32(77,78)34(81,82)36(85,86)38(89,90)40(94,95)96/h2-10H2,1H3. The number of nitrogens with zero attached hydrogens (tertiary/aromatic N) is 1. The molecule has 0 spiro atoms. The summed E-state index contributed by atoms with van der Waals surface area (Å²) in [5.74, 6) is -258. The molecule has 0 aromatic heterocycles. The Hall–Kier alpha value is -5.65. The number of halogens is 58. The Morgan fingerprint density at radius 2 is 0.443 bits per heavy atom. The van der Waals surface area contributed by atoms with E-state index in [1.165, 1.54) is 6.92 Å². The third kappa shape index (κ3) is 12.8. The zero-order valence-corrected chi connectivity index (χ0v) is 47.8. The highest BCUT2D eigenvalue weighted by molar-refractivity contribution is 5.82. The first-order valence-corrected chi connectivity index (χ1v) is 25.0. The fraction of sp³-hybridized carbons (Fsp3) is 0.929. The normalized spacial score (nSPS) is 17.6. The molecule has 0 atom stereocenters. The molecule has 0 radical (unpaired) electrons. The molecule has 64 heteroatoms. The summed E-state index contributed by atoms with van der Waals surface area (Å²) in [6, 6.07) is 0. The summed E-state index contributed by atoms with van der Waals surface area (Å²) in [4.78, 5) is 25.8. The maximum atomic E-state index is 15.9. The molecule has 0 fully saturated rings. The summed E-state index contributed by atoms with van der Waals surface area (Å²) in [6.45, 7) is -2.41. The van der Waals surface area contributed by atoms with Gasteiger partial charge in [0.2, 0.25) is 0 Å². The Morgan fingerprint density at radius 3 is 0.632 bits per heavy atom. The van der Waals surface area contributed by atoms with Crippen LogP contribution in [0.2, 0.25) is 0 Å². The van der Waals surface area contributed by atoms with E-state index in [4.69, 9.17) is 0 Å². The lowest BCUT2D eigenvalue weighted by Crippen LogP contribution is -2.79. The second kappa shape index (κ2) is 26.5. The molecule has 0 bridgehead atoms. The predicted octanol–water partition coefficient (Wildman–Crippen LogP) is 20.9. The summed E-state index contributed by atoms with van der Waals surface area (Å²) in [6.07, 6.45) is -36.7. The molecule has 0 saturated carbocycles.